The van der Waals surface area contributed by atoms with Crippen LogP contribution in [0.5, 0.6) is 0 Å². The average molecular weight is 262 g/mol. The van der Waals surface area contributed by atoms with Crippen LogP contribution in [0.25, 0.3) is 0 Å². The Morgan fingerprint density at radius 2 is 2.32 bits per heavy atom. The summed E-state index contributed by atoms with van der Waals surface area (Å²) in [5.74, 6) is -0.705. The van der Waals surface area contributed by atoms with Gasteiger partial charge in [-0.1, -0.05) is 0 Å². The molecule has 1 atom stereocenters. The van der Waals surface area contributed by atoms with Crippen LogP contribution in [0, 0.1) is 0 Å². The van der Waals surface area contributed by atoms with Crippen LogP contribution in [0.3, 0.4) is 0 Å². The van der Waals surface area contributed by atoms with Gasteiger partial charge in [-0.3, -0.25) is 14.5 Å². The third-order valence-corrected chi connectivity index (χ3v) is 3.54. The number of ether oxygens (including phenoxy) is 1. The number of hydrogen-bond donors (Lipinski definition) is 0. The Balaban J connectivity index is 2.14. The minimum Gasteiger partial charge on any atom is -0.464 e. The molecule has 0 saturated carbocycles. The molecular formula is C12H14N4O3. The second kappa shape index (κ2) is 4.18. The van der Waals surface area contributed by atoms with Gasteiger partial charge in [-0.25, -0.2) is 4.79 Å². The normalized spacial score (nSPS) is 21.1. The number of esters is 1. The molecule has 2 aliphatic rings. The van der Waals surface area contributed by atoms with Gasteiger partial charge in [-0.05, 0) is 12.8 Å². The quantitative estimate of drug-likeness (QED) is 0.692. The van der Waals surface area contributed by atoms with Gasteiger partial charge in [0, 0.05) is 19.8 Å². The van der Waals surface area contributed by atoms with Gasteiger partial charge in [0.15, 0.2) is 11.4 Å². The number of aliphatic imine (C=N–C) groups is 1. The molecule has 0 radical (unpaired) electrons. The summed E-state index contributed by atoms with van der Waals surface area (Å²) < 4.78 is 6.06. The van der Waals surface area contributed by atoms with Crippen LogP contribution in [0.4, 0.5) is 5.69 Å². The van der Waals surface area contributed by atoms with Crippen LogP contribution in [0.2, 0.25) is 0 Å². The molecule has 7 nitrogen and oxygen atoms in total. The highest BCUT2D eigenvalue weighted by atomic mass is 16.5. The summed E-state index contributed by atoms with van der Waals surface area (Å²) in [6.45, 7) is 0.707. The maximum atomic E-state index is 12.4. The lowest BCUT2D eigenvalue weighted by Crippen LogP contribution is -2.35. The fourth-order valence-electron chi connectivity index (χ4n) is 2.60. The second-order valence-corrected chi connectivity index (χ2v) is 4.65. The van der Waals surface area contributed by atoms with Gasteiger partial charge in [0.1, 0.15) is 5.69 Å². The van der Waals surface area contributed by atoms with E-state index in [-0.39, 0.29) is 23.3 Å². The minimum absolute atomic E-state index is 0.0116. The van der Waals surface area contributed by atoms with Crippen molar-refractivity contribution >= 4 is 23.8 Å². The predicted octanol–water partition coefficient (Wildman–Crippen LogP) is 0.527. The smallest absolute Gasteiger partial charge is 0.358 e. The second-order valence-electron chi connectivity index (χ2n) is 4.65. The van der Waals surface area contributed by atoms with Crippen molar-refractivity contribution in [3.63, 3.8) is 0 Å². The van der Waals surface area contributed by atoms with E-state index in [2.05, 4.69) is 10.1 Å². The zero-order valence-corrected chi connectivity index (χ0v) is 10.8. The number of aromatic nitrogens is 2. The number of methoxy groups -OCH3 is 1. The number of carbonyl (C=O) groups is 2. The molecule has 0 aromatic carbocycles. The maximum Gasteiger partial charge on any atom is 0.358 e. The van der Waals surface area contributed by atoms with Gasteiger partial charge in [0.05, 0.1) is 13.2 Å². The number of aryl methyl sites for hydroxylation is 1. The molecule has 1 aromatic rings. The Morgan fingerprint density at radius 3 is 3.05 bits per heavy atom. The summed E-state index contributed by atoms with van der Waals surface area (Å²) in [5.41, 5.74) is 0.751. The molecule has 0 aliphatic carbocycles. The van der Waals surface area contributed by atoms with Crippen molar-refractivity contribution in [2.24, 2.45) is 12.0 Å². The lowest BCUT2D eigenvalue weighted by molar-refractivity contribution is 0.0589. The minimum atomic E-state index is -0.539. The van der Waals surface area contributed by atoms with Crippen molar-refractivity contribution in [2.75, 3.05) is 13.7 Å². The van der Waals surface area contributed by atoms with E-state index in [4.69, 9.17) is 4.74 Å². The highest BCUT2D eigenvalue weighted by Crippen LogP contribution is 2.31. The molecule has 0 bridgehead atoms. The number of carbonyl (C=O) groups excluding carboxylic acids is 2. The monoisotopic (exact) mass is 262 g/mol. The van der Waals surface area contributed by atoms with E-state index in [1.54, 1.807) is 18.2 Å². The third kappa shape index (κ3) is 1.65. The SMILES string of the molecule is COC(=O)c1c2c(nn1C)C(=O)N1CCC[C@H]1C=N2. The van der Waals surface area contributed by atoms with Crippen molar-refractivity contribution in [3.05, 3.63) is 11.4 Å². The van der Waals surface area contributed by atoms with Crippen molar-refractivity contribution in [1.29, 1.82) is 0 Å². The molecule has 0 unspecified atom stereocenters. The van der Waals surface area contributed by atoms with Crippen LogP contribution >= 0.6 is 0 Å². The number of hydrogen-bond acceptors (Lipinski definition) is 5. The summed E-state index contributed by atoms with van der Waals surface area (Å²) >= 11 is 0. The Labute approximate surface area is 109 Å². The van der Waals surface area contributed by atoms with E-state index in [1.807, 2.05) is 0 Å². The Hall–Kier alpha value is -2.18. The first-order chi connectivity index (χ1) is 9.13. The van der Waals surface area contributed by atoms with E-state index < -0.39 is 5.97 Å². The lowest BCUT2D eigenvalue weighted by Gasteiger charge is -2.18. The van der Waals surface area contributed by atoms with Crippen molar-refractivity contribution in [2.45, 2.75) is 18.9 Å². The molecule has 1 fully saturated rings. The van der Waals surface area contributed by atoms with E-state index in [9.17, 15) is 9.59 Å². The highest BCUT2D eigenvalue weighted by Gasteiger charge is 2.36. The lowest BCUT2D eigenvalue weighted by atomic mass is 10.2. The topological polar surface area (TPSA) is 76.8 Å². The standard InChI is InChI=1S/C12H14N4O3/c1-15-10(12(18)19-2)8-9(14-15)11(17)16-5-3-4-7(16)6-13-8/h6-7H,3-5H2,1-2H3/t7-/m0/s1. The van der Waals surface area contributed by atoms with E-state index in [0.29, 0.717) is 12.2 Å². The van der Waals surface area contributed by atoms with Crippen LogP contribution in [0.15, 0.2) is 4.99 Å². The van der Waals surface area contributed by atoms with Gasteiger partial charge in [-0.15, -0.1) is 0 Å². The van der Waals surface area contributed by atoms with Gasteiger partial charge in [0.25, 0.3) is 5.91 Å². The van der Waals surface area contributed by atoms with Gasteiger partial charge in [0.2, 0.25) is 0 Å². The zero-order valence-electron chi connectivity index (χ0n) is 10.8. The number of rotatable bonds is 1. The summed E-state index contributed by atoms with van der Waals surface area (Å²) in [5, 5.41) is 4.13. The average Bonchev–Trinajstić information content (AvgIpc) is 2.96. The van der Waals surface area contributed by atoms with Crippen molar-refractivity contribution in [1.82, 2.24) is 14.7 Å². The molecule has 3 rings (SSSR count). The summed E-state index contributed by atoms with van der Waals surface area (Å²) in [4.78, 5) is 30.2. The molecule has 0 spiro atoms. The third-order valence-electron chi connectivity index (χ3n) is 3.54. The van der Waals surface area contributed by atoms with Crippen LogP contribution in [-0.2, 0) is 11.8 Å². The highest BCUT2D eigenvalue weighted by molar-refractivity contribution is 6.06. The molecule has 1 aromatic heterocycles. The molecule has 2 aliphatic heterocycles. The molecule has 3 heterocycles. The first kappa shape index (κ1) is 11.9. The fourth-order valence-corrected chi connectivity index (χ4v) is 2.60. The van der Waals surface area contributed by atoms with Crippen LogP contribution < -0.4 is 0 Å². The summed E-state index contributed by atoms with van der Waals surface area (Å²) in [7, 11) is 2.90. The molecule has 19 heavy (non-hydrogen) atoms. The number of nitrogens with zero attached hydrogens (tertiary/aromatic N) is 4. The number of amides is 1. The Kier molecular flexibility index (Phi) is 2.62. The molecule has 0 N–H and O–H groups in total. The largest absolute Gasteiger partial charge is 0.464 e. The predicted molar refractivity (Wildman–Crippen MR) is 66.8 cm³/mol. The van der Waals surface area contributed by atoms with Crippen molar-refractivity contribution < 1.29 is 14.3 Å². The summed E-state index contributed by atoms with van der Waals surface area (Å²) in [6, 6.07) is 0.0116. The summed E-state index contributed by atoms with van der Waals surface area (Å²) in [6.07, 6.45) is 3.60. The van der Waals surface area contributed by atoms with Crippen LogP contribution in [-0.4, -0.2) is 52.5 Å². The van der Waals surface area contributed by atoms with Gasteiger partial charge in [-0.2, -0.15) is 5.10 Å². The van der Waals surface area contributed by atoms with E-state index in [1.165, 1.54) is 11.8 Å². The first-order valence-corrected chi connectivity index (χ1v) is 6.14. The molecule has 1 saturated heterocycles. The maximum absolute atomic E-state index is 12.4. The Morgan fingerprint density at radius 1 is 1.53 bits per heavy atom. The fraction of sp³-hybridized carbons (Fsp3) is 0.500. The zero-order chi connectivity index (χ0) is 13.6. The van der Waals surface area contributed by atoms with Crippen LogP contribution in [0.1, 0.15) is 33.8 Å². The molecular weight excluding hydrogens is 248 g/mol. The molecule has 7 heteroatoms. The van der Waals surface area contributed by atoms with Gasteiger partial charge < -0.3 is 9.64 Å². The van der Waals surface area contributed by atoms with Gasteiger partial charge >= 0.3 is 5.97 Å². The molecule has 100 valence electrons. The van der Waals surface area contributed by atoms with E-state index >= 15 is 0 Å². The Bertz CT molecular complexity index is 590. The van der Waals surface area contributed by atoms with E-state index in [0.717, 1.165) is 12.8 Å². The first-order valence-electron chi connectivity index (χ1n) is 6.14. The number of fused-ring (bicyclic) bond motifs is 2. The van der Waals surface area contributed by atoms with Crippen molar-refractivity contribution in [3.8, 4) is 0 Å². The molecule has 1 amide bonds.